The smallest absolute Gasteiger partial charge is 0.267 e. The predicted octanol–water partition coefficient (Wildman–Crippen LogP) is 8.90. The maximum atomic E-state index is 14.8. The van der Waals surface area contributed by atoms with Crippen molar-refractivity contribution in [3.8, 4) is 11.1 Å². The van der Waals surface area contributed by atoms with Crippen LogP contribution in [-0.4, -0.2) is 51.0 Å². The highest BCUT2D eigenvalue weighted by Gasteiger charge is 2.43. The van der Waals surface area contributed by atoms with E-state index in [1.165, 1.54) is 12.8 Å². The number of halogens is 1. The largest absolute Gasteiger partial charge is 0.364 e. The number of anilines is 1. The van der Waals surface area contributed by atoms with E-state index in [1.54, 1.807) is 16.9 Å². The number of primary amides is 1. The van der Waals surface area contributed by atoms with Gasteiger partial charge in [0.2, 0.25) is 5.91 Å². The molecule has 0 saturated heterocycles. The zero-order valence-electron chi connectivity index (χ0n) is 31.2. The van der Waals surface area contributed by atoms with Crippen LogP contribution in [0.3, 0.4) is 0 Å². The molecule has 2 aliphatic carbocycles. The molecule has 3 heterocycles. The summed E-state index contributed by atoms with van der Waals surface area (Å²) in [5, 5.41) is 12.8. The summed E-state index contributed by atoms with van der Waals surface area (Å²) < 4.78 is 9.52. The van der Waals surface area contributed by atoms with Crippen molar-refractivity contribution in [1.82, 2.24) is 24.5 Å². The fourth-order valence-electron chi connectivity index (χ4n) is 8.38. The van der Waals surface area contributed by atoms with Crippen molar-refractivity contribution >= 4 is 37.3 Å². The number of ether oxygens (including phenoxy) is 1. The Hall–Kier alpha value is -3.02. The summed E-state index contributed by atoms with van der Waals surface area (Å²) in [6.45, 7) is 16.0. The van der Waals surface area contributed by atoms with Crippen LogP contribution in [0.1, 0.15) is 117 Å². The standard InChI is InChI=1S/C38H58ClN7O3Si/c1-24(2)46-35(37(40)47)30(22-41-46)34(33(27-14-10-8-11-15-27)28-16-12-9-13-17-28)38(48)43-31-19-18-29(36(39)42-31)32-25(3)44-45(26(32)4)23-49-20-21-50(5,6)7/h18-19,22,24,27-28,33-34H,8-17,20-21,23H2,1-7H3,(H2,40,47)(H,42,43,48)/t34-/m1/s1. The van der Waals surface area contributed by atoms with Crippen LogP contribution in [0.4, 0.5) is 5.82 Å². The zero-order chi connectivity index (χ0) is 36.2. The van der Waals surface area contributed by atoms with E-state index in [4.69, 9.17) is 32.2 Å². The first kappa shape index (κ1) is 38.2. The number of carbonyl (C=O) groups excluding carboxylic acids is 2. The Bertz CT molecular complexity index is 1620. The van der Waals surface area contributed by atoms with Crippen LogP contribution in [0, 0.1) is 31.6 Å². The number of nitrogens with zero attached hydrogens (tertiary/aromatic N) is 5. The molecular formula is C38H58ClN7O3Si. The molecule has 274 valence electrons. The molecule has 50 heavy (non-hydrogen) atoms. The Morgan fingerprint density at radius 3 is 2.18 bits per heavy atom. The summed E-state index contributed by atoms with van der Waals surface area (Å²) in [6.07, 6.45) is 13.2. The number of aromatic nitrogens is 5. The molecule has 0 radical (unpaired) electrons. The van der Waals surface area contributed by atoms with E-state index in [1.807, 2.05) is 38.4 Å². The molecular weight excluding hydrogens is 666 g/mol. The summed E-state index contributed by atoms with van der Waals surface area (Å²) in [4.78, 5) is 32.5. The molecule has 2 saturated carbocycles. The Morgan fingerprint density at radius 2 is 1.64 bits per heavy atom. The van der Waals surface area contributed by atoms with Gasteiger partial charge in [0.05, 0.1) is 17.8 Å². The summed E-state index contributed by atoms with van der Waals surface area (Å²) in [6, 6.07) is 4.71. The number of carbonyl (C=O) groups is 2. The Kier molecular flexibility index (Phi) is 12.6. The summed E-state index contributed by atoms with van der Waals surface area (Å²) in [5.74, 6) is -0.151. The third-order valence-corrected chi connectivity index (χ3v) is 12.9. The van der Waals surface area contributed by atoms with Crippen molar-refractivity contribution in [1.29, 1.82) is 0 Å². The highest BCUT2D eigenvalue weighted by molar-refractivity contribution is 6.76. The number of hydrogen-bond acceptors (Lipinski definition) is 6. The van der Waals surface area contributed by atoms with E-state index in [0.29, 0.717) is 42.2 Å². The molecule has 3 aromatic rings. The quantitative estimate of drug-likeness (QED) is 0.0971. The van der Waals surface area contributed by atoms with Gasteiger partial charge in [0.15, 0.2) is 0 Å². The molecule has 3 N–H and O–H groups in total. The van der Waals surface area contributed by atoms with Crippen molar-refractivity contribution < 1.29 is 14.3 Å². The van der Waals surface area contributed by atoms with Crippen LogP contribution in [-0.2, 0) is 16.3 Å². The Morgan fingerprint density at radius 1 is 1.02 bits per heavy atom. The van der Waals surface area contributed by atoms with Gasteiger partial charge in [-0.3, -0.25) is 14.3 Å². The predicted molar refractivity (Wildman–Crippen MR) is 203 cm³/mol. The lowest BCUT2D eigenvalue weighted by Gasteiger charge is -2.41. The minimum Gasteiger partial charge on any atom is -0.364 e. The summed E-state index contributed by atoms with van der Waals surface area (Å²) in [5.41, 5.74) is 10.4. The van der Waals surface area contributed by atoms with Gasteiger partial charge >= 0.3 is 0 Å². The number of aryl methyl sites for hydroxylation is 1. The van der Waals surface area contributed by atoms with Gasteiger partial charge in [0.1, 0.15) is 23.4 Å². The first-order chi connectivity index (χ1) is 23.8. The van der Waals surface area contributed by atoms with Crippen molar-refractivity contribution in [2.75, 3.05) is 11.9 Å². The Labute approximate surface area is 304 Å². The molecule has 0 spiro atoms. The van der Waals surface area contributed by atoms with Gasteiger partial charge in [-0.15, -0.1) is 0 Å². The lowest BCUT2D eigenvalue weighted by Crippen LogP contribution is -2.39. The monoisotopic (exact) mass is 723 g/mol. The summed E-state index contributed by atoms with van der Waals surface area (Å²) in [7, 11) is -1.19. The van der Waals surface area contributed by atoms with E-state index in [9.17, 15) is 9.59 Å². The molecule has 0 unspecified atom stereocenters. The minimum atomic E-state index is -1.19. The van der Waals surface area contributed by atoms with Crippen LogP contribution in [0.15, 0.2) is 18.3 Å². The minimum absolute atomic E-state index is 0.0670. The van der Waals surface area contributed by atoms with Crippen molar-refractivity contribution in [3.05, 3.63) is 46.1 Å². The van der Waals surface area contributed by atoms with Crippen molar-refractivity contribution in [3.63, 3.8) is 0 Å². The van der Waals surface area contributed by atoms with Crippen LogP contribution in [0.25, 0.3) is 11.1 Å². The molecule has 5 rings (SSSR count). The van der Waals surface area contributed by atoms with Gasteiger partial charge in [0.25, 0.3) is 5.91 Å². The molecule has 1 atom stereocenters. The first-order valence-corrected chi connectivity index (χ1v) is 22.8. The van der Waals surface area contributed by atoms with Gasteiger partial charge in [-0.25, -0.2) is 9.67 Å². The normalized spacial score (nSPS) is 17.1. The molecule has 10 nitrogen and oxygen atoms in total. The van der Waals surface area contributed by atoms with Gasteiger partial charge < -0.3 is 15.8 Å². The molecule has 3 aromatic heterocycles. The van der Waals surface area contributed by atoms with E-state index in [0.717, 1.165) is 79.9 Å². The lowest BCUT2D eigenvalue weighted by molar-refractivity contribution is -0.120. The SMILES string of the molecule is Cc1nn(COCC[Si](C)(C)C)c(C)c1-c1ccc(NC(=O)[C@H](c2cnn(C(C)C)c2C(N)=O)C(C2CCCCC2)C2CCCCC2)nc1Cl. The van der Waals surface area contributed by atoms with Gasteiger partial charge in [-0.2, -0.15) is 10.2 Å². The van der Waals surface area contributed by atoms with E-state index in [-0.39, 0.29) is 23.0 Å². The molecule has 0 bridgehead atoms. The topological polar surface area (TPSA) is 130 Å². The van der Waals surface area contributed by atoms with Crippen LogP contribution in [0.2, 0.25) is 30.8 Å². The average molecular weight is 724 g/mol. The van der Waals surface area contributed by atoms with Crippen molar-refractivity contribution in [2.45, 2.75) is 136 Å². The second kappa shape index (κ2) is 16.5. The fraction of sp³-hybridized carbons (Fsp3) is 0.658. The lowest BCUT2D eigenvalue weighted by atomic mass is 9.63. The highest BCUT2D eigenvalue weighted by atomic mass is 35.5. The molecule has 2 fully saturated rings. The number of nitrogens with one attached hydrogen (secondary N) is 1. The third kappa shape index (κ3) is 8.88. The van der Waals surface area contributed by atoms with Crippen LogP contribution in [0.5, 0.6) is 0 Å². The van der Waals surface area contributed by atoms with Crippen molar-refractivity contribution in [2.24, 2.45) is 23.5 Å². The second-order valence-corrected chi connectivity index (χ2v) is 22.1. The number of rotatable bonds is 14. The van der Waals surface area contributed by atoms with Gasteiger partial charge in [-0.05, 0) is 63.6 Å². The molecule has 0 aromatic carbocycles. The zero-order valence-corrected chi connectivity index (χ0v) is 33.0. The van der Waals surface area contributed by atoms with E-state index in [2.05, 4.69) is 30.1 Å². The van der Waals surface area contributed by atoms with Crippen LogP contribution < -0.4 is 11.1 Å². The second-order valence-electron chi connectivity index (χ2n) is 16.1. The Balaban J connectivity index is 1.47. The van der Waals surface area contributed by atoms with E-state index >= 15 is 0 Å². The summed E-state index contributed by atoms with van der Waals surface area (Å²) >= 11 is 6.88. The first-order valence-electron chi connectivity index (χ1n) is 18.7. The molecule has 2 amide bonds. The third-order valence-electron chi connectivity index (χ3n) is 10.9. The molecule has 2 aliphatic rings. The van der Waals surface area contributed by atoms with E-state index < -0.39 is 19.9 Å². The average Bonchev–Trinajstić information content (AvgIpc) is 3.63. The number of pyridine rings is 1. The van der Waals surface area contributed by atoms with Gasteiger partial charge in [-0.1, -0.05) is 95.5 Å². The maximum Gasteiger partial charge on any atom is 0.267 e. The fourth-order valence-corrected chi connectivity index (χ4v) is 9.38. The maximum absolute atomic E-state index is 14.8. The number of hydrogen-bond donors (Lipinski definition) is 2. The highest BCUT2D eigenvalue weighted by Crippen LogP contribution is 2.48. The van der Waals surface area contributed by atoms with Gasteiger partial charge in [0, 0.05) is 43.1 Å². The molecule has 0 aliphatic heterocycles. The number of nitrogens with two attached hydrogens (primary N) is 1. The van der Waals surface area contributed by atoms with Crippen LogP contribution >= 0.6 is 11.6 Å². The number of amides is 2. The molecule has 12 heteroatoms.